The van der Waals surface area contributed by atoms with E-state index in [-0.39, 0.29) is 50.1 Å². The number of carbonyl (C=O) groups excluding carboxylic acids is 3. The predicted molar refractivity (Wildman–Crippen MR) is 156 cm³/mol. The van der Waals surface area contributed by atoms with E-state index in [4.69, 9.17) is 31.3 Å². The highest BCUT2D eigenvalue weighted by Gasteiger charge is 2.57. The van der Waals surface area contributed by atoms with Gasteiger partial charge in [0.25, 0.3) is 0 Å². The van der Waals surface area contributed by atoms with Gasteiger partial charge >= 0.3 is 42.7 Å². The molecule has 0 aliphatic carbocycles. The molecule has 0 atom stereocenters. The smallest absolute Gasteiger partial charge is 0.475 e. The molecular weight excluding hydrogens is 756 g/mol. The minimum atomic E-state index is -5.08. The number of amides is 4. The molecule has 0 radical (unpaired) electrons. The summed E-state index contributed by atoms with van der Waals surface area (Å²) in [5.74, 6) is -7.30. The lowest BCUT2D eigenvalue weighted by atomic mass is 9.72. The Bertz CT molecular complexity index is 1460. The summed E-state index contributed by atoms with van der Waals surface area (Å²) in [6.45, 7) is 0.00190. The largest absolute Gasteiger partial charge is 0.490 e. The molecule has 296 valence electrons. The van der Waals surface area contributed by atoms with Crippen molar-refractivity contribution in [2.75, 3.05) is 26.2 Å². The molecule has 0 bridgehead atoms. The number of carboxylic acid groups (broad SMARTS) is 2. The van der Waals surface area contributed by atoms with Gasteiger partial charge in [0.2, 0.25) is 11.8 Å². The highest BCUT2D eigenvalue weighted by molar-refractivity contribution is 6.19. The topological polar surface area (TPSA) is 184 Å². The van der Waals surface area contributed by atoms with E-state index in [0.29, 0.717) is 0 Å². The summed E-state index contributed by atoms with van der Waals surface area (Å²) in [5.41, 5.74) is 7.63. The highest BCUT2D eigenvalue weighted by Crippen LogP contribution is 2.39. The van der Waals surface area contributed by atoms with E-state index in [1.165, 1.54) is 0 Å². The fourth-order valence-corrected chi connectivity index (χ4v) is 4.51. The Labute approximate surface area is 291 Å². The molecule has 0 spiro atoms. The maximum absolute atomic E-state index is 13.9. The zero-order valence-electron chi connectivity index (χ0n) is 26.8. The Morgan fingerprint density at radius 2 is 0.830 bits per heavy atom. The zero-order chi connectivity index (χ0) is 41.2. The number of carbonyl (C=O) groups is 5. The molecule has 1 saturated heterocycles. The summed E-state index contributed by atoms with van der Waals surface area (Å²) in [4.78, 5) is 60.5. The van der Waals surface area contributed by atoms with Crippen molar-refractivity contribution >= 4 is 29.8 Å². The first-order valence-corrected chi connectivity index (χ1v) is 14.6. The number of barbiturate groups is 1. The summed E-state index contributed by atoms with van der Waals surface area (Å²) < 4.78 is 142. The van der Waals surface area contributed by atoms with E-state index in [9.17, 15) is 67.1 Å². The number of urea groups is 1. The number of halogens is 12. The van der Waals surface area contributed by atoms with Crippen LogP contribution in [0.2, 0.25) is 0 Å². The molecule has 1 fully saturated rings. The molecule has 0 saturated carbocycles. The van der Waals surface area contributed by atoms with E-state index in [2.05, 4.69) is 0 Å². The number of hydrogen-bond acceptors (Lipinski definition) is 7. The van der Waals surface area contributed by atoms with Crippen molar-refractivity contribution < 1.29 is 86.9 Å². The maximum atomic E-state index is 13.9. The van der Waals surface area contributed by atoms with Crippen LogP contribution in [0.3, 0.4) is 0 Å². The Kier molecular flexibility index (Phi) is 15.8. The molecule has 2 aromatic carbocycles. The monoisotopic (exact) mass is 786 g/mol. The van der Waals surface area contributed by atoms with Crippen LogP contribution in [0.4, 0.5) is 57.5 Å². The number of hydrogen-bond donors (Lipinski definition) is 4. The fourth-order valence-electron chi connectivity index (χ4n) is 4.51. The lowest BCUT2D eigenvalue weighted by Gasteiger charge is -2.44. The van der Waals surface area contributed by atoms with Gasteiger partial charge < -0.3 is 21.7 Å². The summed E-state index contributed by atoms with van der Waals surface area (Å²) >= 11 is 0. The third-order valence-corrected chi connectivity index (χ3v) is 7.00. The van der Waals surface area contributed by atoms with Crippen LogP contribution in [0, 0.1) is 5.41 Å². The summed E-state index contributed by atoms with van der Waals surface area (Å²) in [5, 5.41) is 14.2. The van der Waals surface area contributed by atoms with Crippen molar-refractivity contribution in [3.8, 4) is 0 Å². The van der Waals surface area contributed by atoms with Gasteiger partial charge in [-0.3, -0.25) is 19.4 Å². The van der Waals surface area contributed by atoms with Crippen molar-refractivity contribution in [3.63, 3.8) is 0 Å². The predicted octanol–water partition coefficient (Wildman–Crippen LogP) is 5.25. The van der Waals surface area contributed by atoms with Gasteiger partial charge in [-0.1, -0.05) is 24.3 Å². The third-order valence-electron chi connectivity index (χ3n) is 7.00. The molecule has 0 aromatic heterocycles. The highest BCUT2D eigenvalue weighted by atomic mass is 19.4. The molecule has 23 heteroatoms. The fraction of sp³-hybridized carbons (Fsp3) is 0.433. The number of alkyl halides is 12. The van der Waals surface area contributed by atoms with Gasteiger partial charge in [-0.05, 0) is 74.2 Å². The second-order valence-corrected chi connectivity index (χ2v) is 10.9. The second-order valence-electron chi connectivity index (χ2n) is 10.9. The first-order chi connectivity index (χ1) is 24.1. The van der Waals surface area contributed by atoms with Crippen LogP contribution < -0.4 is 11.5 Å². The quantitative estimate of drug-likeness (QED) is 0.185. The molecule has 53 heavy (non-hydrogen) atoms. The summed E-state index contributed by atoms with van der Waals surface area (Å²) in [7, 11) is 0. The van der Waals surface area contributed by atoms with Gasteiger partial charge in [0, 0.05) is 13.1 Å². The molecule has 1 aliphatic heterocycles. The van der Waals surface area contributed by atoms with Gasteiger partial charge in [0.05, 0.1) is 11.1 Å². The number of rotatable bonds is 10. The van der Waals surface area contributed by atoms with E-state index < -0.39 is 83.9 Å². The van der Waals surface area contributed by atoms with Crippen molar-refractivity contribution in [1.82, 2.24) is 9.80 Å². The number of nitrogens with zero attached hydrogens (tertiary/aromatic N) is 2. The number of benzene rings is 2. The lowest BCUT2D eigenvalue weighted by Crippen LogP contribution is -2.67. The Morgan fingerprint density at radius 3 is 1.04 bits per heavy atom. The van der Waals surface area contributed by atoms with Crippen molar-refractivity contribution in [2.24, 2.45) is 16.9 Å². The van der Waals surface area contributed by atoms with Crippen LogP contribution in [0.5, 0.6) is 0 Å². The minimum Gasteiger partial charge on any atom is -0.475 e. The number of imide groups is 2. The maximum Gasteiger partial charge on any atom is 0.490 e. The normalized spacial score (nSPS) is 14.9. The first-order valence-electron chi connectivity index (χ1n) is 14.6. The zero-order valence-corrected chi connectivity index (χ0v) is 26.8. The van der Waals surface area contributed by atoms with Crippen molar-refractivity contribution in [3.05, 3.63) is 70.8 Å². The molecule has 4 amide bonds. The van der Waals surface area contributed by atoms with Crippen LogP contribution in [0.25, 0.3) is 0 Å². The van der Waals surface area contributed by atoms with Gasteiger partial charge in [0.1, 0.15) is 5.41 Å². The van der Waals surface area contributed by atoms with Crippen LogP contribution >= 0.6 is 0 Å². The van der Waals surface area contributed by atoms with Gasteiger partial charge in [-0.25, -0.2) is 14.4 Å². The molecule has 0 unspecified atom stereocenters. The van der Waals surface area contributed by atoms with Crippen LogP contribution in [0.15, 0.2) is 48.5 Å². The molecule has 3 rings (SSSR count). The molecule has 1 heterocycles. The van der Waals surface area contributed by atoms with Crippen molar-refractivity contribution in [2.45, 2.75) is 50.4 Å². The minimum absolute atomic E-state index is 0.123. The third kappa shape index (κ3) is 13.2. The number of aliphatic carboxylic acids is 2. The lowest BCUT2D eigenvalue weighted by molar-refractivity contribution is -0.193. The van der Waals surface area contributed by atoms with E-state index in [1.807, 2.05) is 0 Å². The van der Waals surface area contributed by atoms with E-state index in [1.54, 1.807) is 0 Å². The molecule has 6 N–H and O–H groups in total. The van der Waals surface area contributed by atoms with Crippen LogP contribution in [0.1, 0.15) is 35.1 Å². The number of nitrogens with two attached hydrogens (primary N) is 2. The van der Waals surface area contributed by atoms with Gasteiger partial charge in [-0.15, -0.1) is 0 Å². The Morgan fingerprint density at radius 1 is 0.566 bits per heavy atom. The van der Waals surface area contributed by atoms with Crippen LogP contribution in [-0.4, -0.2) is 88.3 Å². The Hall–Kier alpha value is -4.93. The Balaban J connectivity index is 0.000000845. The molecule has 2 aromatic rings. The SMILES string of the molecule is NCCCN1C(=O)N(CCCN)C(=O)C(Cc2ccc(C(F)(F)F)cc2)(Cc2ccc(C(F)(F)F)cc2)C1=O.O=C(O)C(F)(F)F.O=C(O)C(F)(F)F. The second kappa shape index (κ2) is 18.2. The summed E-state index contributed by atoms with van der Waals surface area (Å²) in [6, 6.07) is 6.87. The molecule has 1 aliphatic rings. The molecule has 11 nitrogen and oxygen atoms in total. The van der Waals surface area contributed by atoms with Crippen LogP contribution in [-0.2, 0) is 44.4 Å². The average Bonchev–Trinajstić information content (AvgIpc) is 3.03. The van der Waals surface area contributed by atoms with Crippen molar-refractivity contribution in [1.29, 1.82) is 0 Å². The van der Waals surface area contributed by atoms with E-state index in [0.717, 1.165) is 58.3 Å². The standard InChI is InChI=1S/C26H28F6N4O3.2C2HF3O2/c27-25(28,29)19-7-3-17(4-8-19)15-24(16-18-5-9-20(10-6-18)26(30,31)32)21(37)35(13-1-11-33)23(39)36(22(24)38)14-2-12-34;2*3-2(4,5)1(6)7/h3-10H,1-2,11-16,33-34H2;2*(H,6,7). The van der Waals surface area contributed by atoms with Gasteiger partial charge in [0.15, 0.2) is 0 Å². The van der Waals surface area contributed by atoms with Gasteiger partial charge in [-0.2, -0.15) is 52.7 Å². The first kappa shape index (κ1) is 46.1. The summed E-state index contributed by atoms with van der Waals surface area (Å²) in [6.07, 6.45) is -19.8. The molecular formula is C30H30F12N4O7. The van der Waals surface area contributed by atoms with E-state index >= 15 is 0 Å². The average molecular weight is 787 g/mol. The number of carboxylic acids is 2.